The number of thiophene rings is 1. The number of hydrogen-bond donors (Lipinski definition) is 0. The molecule has 44 heavy (non-hydrogen) atoms. The fraction of sp³-hybridized carbons (Fsp3) is 0. The molecule has 0 unspecified atom stereocenters. The third-order valence-electron chi connectivity index (χ3n) is 8.42. The molecule has 0 N–H and O–H groups in total. The van der Waals surface area contributed by atoms with E-state index in [0.29, 0.717) is 0 Å². The molecule has 0 spiro atoms. The molecule has 3 heterocycles. The largest absolute Gasteiger partial charge is 0.309 e. The summed E-state index contributed by atoms with van der Waals surface area (Å²) in [6, 6.07) is 53.6. The molecular weight excluding hydrogens is 555 g/mol. The van der Waals surface area contributed by atoms with Crippen LogP contribution in [0.15, 0.2) is 152 Å². The van der Waals surface area contributed by atoms with Crippen molar-refractivity contribution in [1.29, 1.82) is 0 Å². The summed E-state index contributed by atoms with van der Waals surface area (Å²) in [7, 11) is 0. The van der Waals surface area contributed by atoms with Gasteiger partial charge in [0.25, 0.3) is 0 Å². The van der Waals surface area contributed by atoms with Gasteiger partial charge in [0.05, 0.1) is 28.1 Å². The van der Waals surface area contributed by atoms with Crippen LogP contribution in [0.4, 0.5) is 0 Å². The average molecular weight is 580 g/mol. The molecule has 0 bridgehead atoms. The molecule has 3 nitrogen and oxygen atoms in total. The molecule has 0 fully saturated rings. The maximum Gasteiger partial charge on any atom is 0.160 e. The number of hydrogen-bond acceptors (Lipinski definition) is 3. The number of rotatable bonds is 4. The van der Waals surface area contributed by atoms with E-state index in [2.05, 4.69) is 132 Å². The summed E-state index contributed by atoms with van der Waals surface area (Å²) >= 11 is 1.86. The Bertz CT molecular complexity index is 2430. The molecule has 9 aromatic rings. The zero-order chi connectivity index (χ0) is 29.0. The molecule has 0 amide bonds. The van der Waals surface area contributed by atoms with Crippen molar-refractivity contribution in [3.63, 3.8) is 0 Å². The maximum absolute atomic E-state index is 5.10. The summed E-state index contributed by atoms with van der Waals surface area (Å²) in [5.74, 6) is 0.723. The summed E-state index contributed by atoms with van der Waals surface area (Å²) in [6.45, 7) is 0. The van der Waals surface area contributed by atoms with E-state index in [4.69, 9.17) is 9.97 Å². The van der Waals surface area contributed by atoms with Crippen LogP contribution in [0, 0.1) is 0 Å². The van der Waals surface area contributed by atoms with E-state index < -0.39 is 0 Å². The van der Waals surface area contributed by atoms with Gasteiger partial charge in [-0.25, -0.2) is 9.97 Å². The minimum atomic E-state index is 0.723. The van der Waals surface area contributed by atoms with Crippen LogP contribution in [0.25, 0.3) is 81.6 Å². The van der Waals surface area contributed by atoms with Gasteiger partial charge in [-0.1, -0.05) is 109 Å². The third kappa shape index (κ3) is 3.96. The second kappa shape index (κ2) is 10.0. The average Bonchev–Trinajstić information content (AvgIpc) is 3.64. The van der Waals surface area contributed by atoms with Gasteiger partial charge in [-0.05, 0) is 42.5 Å². The molecule has 9 rings (SSSR count). The van der Waals surface area contributed by atoms with E-state index in [1.807, 2.05) is 35.6 Å². The van der Waals surface area contributed by atoms with Crippen molar-refractivity contribution in [1.82, 2.24) is 14.5 Å². The second-order valence-corrected chi connectivity index (χ2v) is 12.1. The van der Waals surface area contributed by atoms with Crippen molar-refractivity contribution in [3.8, 4) is 39.6 Å². The Balaban J connectivity index is 1.29. The van der Waals surface area contributed by atoms with Gasteiger partial charge in [0.2, 0.25) is 0 Å². The number of para-hydroxylation sites is 1. The zero-order valence-corrected chi connectivity index (χ0v) is 24.5. The molecule has 0 aliphatic carbocycles. The lowest BCUT2D eigenvalue weighted by Crippen LogP contribution is -1.96. The fourth-order valence-electron chi connectivity index (χ4n) is 6.40. The van der Waals surface area contributed by atoms with Crippen molar-refractivity contribution in [2.75, 3.05) is 0 Å². The quantitative estimate of drug-likeness (QED) is 0.208. The van der Waals surface area contributed by atoms with Gasteiger partial charge in [-0.15, -0.1) is 11.3 Å². The Labute approximate surface area is 258 Å². The van der Waals surface area contributed by atoms with E-state index >= 15 is 0 Å². The van der Waals surface area contributed by atoms with Gasteiger partial charge in [-0.3, -0.25) is 0 Å². The van der Waals surface area contributed by atoms with Crippen molar-refractivity contribution >= 4 is 53.3 Å². The topological polar surface area (TPSA) is 30.7 Å². The molecule has 0 atom stereocenters. The van der Waals surface area contributed by atoms with Crippen LogP contribution in [0.5, 0.6) is 0 Å². The first kappa shape index (κ1) is 25.0. The first-order valence-corrected chi connectivity index (χ1v) is 15.6. The van der Waals surface area contributed by atoms with Crippen molar-refractivity contribution in [2.45, 2.75) is 0 Å². The first-order valence-electron chi connectivity index (χ1n) is 14.8. The lowest BCUT2D eigenvalue weighted by atomic mass is 10.0. The zero-order valence-electron chi connectivity index (χ0n) is 23.7. The number of benzene rings is 6. The number of aromatic nitrogens is 3. The lowest BCUT2D eigenvalue weighted by Gasteiger charge is -2.11. The molecule has 0 saturated carbocycles. The van der Waals surface area contributed by atoms with E-state index in [1.54, 1.807) is 0 Å². The van der Waals surface area contributed by atoms with Crippen LogP contribution < -0.4 is 0 Å². The van der Waals surface area contributed by atoms with E-state index in [9.17, 15) is 0 Å². The van der Waals surface area contributed by atoms with Crippen LogP contribution in [0.3, 0.4) is 0 Å². The molecule has 6 aromatic carbocycles. The molecule has 0 aliphatic rings. The van der Waals surface area contributed by atoms with E-state index in [0.717, 1.165) is 33.9 Å². The Morgan fingerprint density at radius 3 is 1.89 bits per heavy atom. The Hall–Kier alpha value is -5.58. The van der Waals surface area contributed by atoms with Crippen molar-refractivity contribution in [3.05, 3.63) is 152 Å². The van der Waals surface area contributed by atoms with Gasteiger partial charge in [0.15, 0.2) is 5.82 Å². The SMILES string of the molecule is c1ccc(-c2cc(-c3ccc4c(c3)c3ccccc3n4-c3cccc4sc5ccccc5c34)nc(-c3ccccc3)n2)cc1. The van der Waals surface area contributed by atoms with Gasteiger partial charge < -0.3 is 4.57 Å². The summed E-state index contributed by atoms with van der Waals surface area (Å²) in [4.78, 5) is 10.1. The highest BCUT2D eigenvalue weighted by Crippen LogP contribution is 2.41. The summed E-state index contributed by atoms with van der Waals surface area (Å²) in [6.07, 6.45) is 0. The van der Waals surface area contributed by atoms with Crippen LogP contribution in [-0.4, -0.2) is 14.5 Å². The number of nitrogens with zero attached hydrogens (tertiary/aromatic N) is 3. The Morgan fingerprint density at radius 2 is 1.07 bits per heavy atom. The normalized spacial score (nSPS) is 11.6. The van der Waals surface area contributed by atoms with Crippen LogP contribution in [-0.2, 0) is 0 Å². The highest BCUT2D eigenvalue weighted by Gasteiger charge is 2.18. The fourth-order valence-corrected chi connectivity index (χ4v) is 7.53. The van der Waals surface area contributed by atoms with E-state index in [-0.39, 0.29) is 0 Å². The highest BCUT2D eigenvalue weighted by molar-refractivity contribution is 7.25. The molecule has 0 aliphatic heterocycles. The van der Waals surface area contributed by atoms with Gasteiger partial charge in [-0.2, -0.15) is 0 Å². The molecule has 3 aromatic heterocycles. The third-order valence-corrected chi connectivity index (χ3v) is 9.55. The summed E-state index contributed by atoms with van der Waals surface area (Å²) in [5, 5.41) is 5.03. The van der Waals surface area contributed by atoms with Crippen molar-refractivity contribution in [2.24, 2.45) is 0 Å². The highest BCUT2D eigenvalue weighted by atomic mass is 32.1. The molecular formula is C40H25N3S. The van der Waals surface area contributed by atoms with Gasteiger partial charge in [0.1, 0.15) is 0 Å². The molecule has 206 valence electrons. The summed E-state index contributed by atoms with van der Waals surface area (Å²) < 4.78 is 5.04. The minimum Gasteiger partial charge on any atom is -0.309 e. The van der Waals surface area contributed by atoms with Crippen molar-refractivity contribution < 1.29 is 0 Å². The lowest BCUT2D eigenvalue weighted by molar-refractivity contribution is 1.18. The van der Waals surface area contributed by atoms with E-state index in [1.165, 1.54) is 47.7 Å². The minimum absolute atomic E-state index is 0.723. The molecule has 0 saturated heterocycles. The maximum atomic E-state index is 5.10. The van der Waals surface area contributed by atoms with Crippen LogP contribution in [0.2, 0.25) is 0 Å². The molecule has 4 heteroatoms. The Kier molecular flexibility index (Phi) is 5.68. The standard InChI is InChI=1S/C40H25N3S/c1-3-12-26(13-4-1)32-25-33(42-40(41-32)27-14-5-2-6-15-27)28-22-23-35-31(24-28)29-16-7-9-18-34(29)43(35)36-19-11-21-38-39(36)30-17-8-10-20-37(30)44-38/h1-25H. The smallest absolute Gasteiger partial charge is 0.160 e. The first-order chi connectivity index (χ1) is 21.8. The molecule has 0 radical (unpaired) electrons. The number of fused-ring (bicyclic) bond motifs is 6. The Morgan fingerprint density at radius 1 is 0.432 bits per heavy atom. The summed E-state index contributed by atoms with van der Waals surface area (Å²) in [5.41, 5.74) is 8.53. The predicted octanol–water partition coefficient (Wildman–Crippen LogP) is 10.9. The predicted molar refractivity (Wildman–Crippen MR) is 186 cm³/mol. The van der Waals surface area contributed by atoms with Gasteiger partial charge >= 0.3 is 0 Å². The van der Waals surface area contributed by atoms with Crippen LogP contribution >= 0.6 is 11.3 Å². The monoisotopic (exact) mass is 579 g/mol. The second-order valence-electron chi connectivity index (χ2n) is 11.0. The van der Waals surface area contributed by atoms with Crippen LogP contribution in [0.1, 0.15) is 0 Å². The van der Waals surface area contributed by atoms with Gasteiger partial charge in [0, 0.05) is 47.6 Å².